The zero-order chi connectivity index (χ0) is 18.6. The third kappa shape index (κ3) is 17.7. The van der Waals surface area contributed by atoms with E-state index >= 15 is 0 Å². The Kier molecular flexibility index (Phi) is 22.9. The molecule has 2 unspecified atom stereocenters. The Balaban J connectivity index is -0.000000720. The van der Waals surface area contributed by atoms with Crippen LogP contribution >= 0.6 is 22.8 Å². The normalized spacial score (nSPS) is 14.7. The molecule has 138 valence electrons. The number of nitrogens with zero attached hydrogens (tertiary/aromatic N) is 1. The van der Waals surface area contributed by atoms with E-state index in [9.17, 15) is 42.9 Å². The fraction of sp³-hybridized carbons (Fsp3) is 0.500. The van der Waals surface area contributed by atoms with Gasteiger partial charge >= 0.3 is 124 Å². The van der Waals surface area contributed by atoms with Crippen LogP contribution in [-0.4, -0.2) is 28.4 Å². The first-order valence-electron chi connectivity index (χ1n) is 6.00. The van der Waals surface area contributed by atoms with Crippen molar-refractivity contribution < 1.29 is 161 Å². The molecule has 2 atom stereocenters. The average Bonchev–Trinajstić information content (AvgIpc) is 2.31. The number of ether oxygens (including phenoxy) is 1. The molecule has 0 bridgehead atoms. The third-order valence-electron chi connectivity index (χ3n) is 2.27. The summed E-state index contributed by atoms with van der Waals surface area (Å²) in [5.74, 6) is -1.72. The molecular weight excluding hydrogens is 485 g/mol. The standard InChI is InChI=1S/C8H15N2O11P3.4Na/c11-7-1-2-10(8(12)9-7)3-4-20-5-22(13,14)6-23(15,16)21-24(17,18)19;;;;/h1-2H,3-6H2,(H,13,14)(H,15,16)(H,9,11,12)(H2,17,18,19);;;;/q;4*+1/p-4. The Bertz CT molecular complexity index is 840. The van der Waals surface area contributed by atoms with Crippen molar-refractivity contribution in [3.8, 4) is 0 Å². The zero-order valence-corrected chi connectivity index (χ0v) is 26.4. The first kappa shape index (κ1) is 38.4. The summed E-state index contributed by atoms with van der Waals surface area (Å²) in [7, 11) is -16.1. The molecule has 0 fully saturated rings. The summed E-state index contributed by atoms with van der Waals surface area (Å²) in [5.41, 5.74) is -1.38. The van der Waals surface area contributed by atoms with Crippen molar-refractivity contribution in [1.82, 2.24) is 9.55 Å². The van der Waals surface area contributed by atoms with Crippen LogP contribution in [0.1, 0.15) is 0 Å². The van der Waals surface area contributed by atoms with E-state index in [4.69, 9.17) is 4.74 Å². The van der Waals surface area contributed by atoms with E-state index in [0.29, 0.717) is 0 Å². The molecule has 0 saturated heterocycles. The molecule has 0 aromatic carbocycles. The number of phosphoric acid groups is 1. The molecule has 1 aromatic rings. The summed E-state index contributed by atoms with van der Waals surface area (Å²) in [6.07, 6.45) is 0.0454. The number of aromatic amines is 1. The summed E-state index contributed by atoms with van der Waals surface area (Å²) >= 11 is 0. The fourth-order valence-electron chi connectivity index (χ4n) is 1.47. The topological polar surface area (TPSA) is 217 Å². The minimum Gasteiger partial charge on any atom is -0.797 e. The largest absolute Gasteiger partial charge is 1.00 e. The van der Waals surface area contributed by atoms with E-state index in [1.807, 2.05) is 4.98 Å². The van der Waals surface area contributed by atoms with E-state index in [2.05, 4.69) is 4.31 Å². The molecule has 0 aliphatic rings. The molecule has 1 heterocycles. The number of hydrogen-bond acceptors (Lipinski definition) is 11. The SMILES string of the molecule is O=c1ccn(CCOCP(=O)([O-])CP(=O)([O-])OP(=O)([O-])[O-])c(=O)[nH]1.[Na+].[Na+].[Na+].[Na+]. The Labute approximate surface area is 247 Å². The van der Waals surface area contributed by atoms with Crippen LogP contribution in [0, 0.1) is 0 Å². The van der Waals surface area contributed by atoms with Gasteiger partial charge in [-0.1, -0.05) is 0 Å². The van der Waals surface area contributed by atoms with Gasteiger partial charge in [0, 0.05) is 19.6 Å². The van der Waals surface area contributed by atoms with Gasteiger partial charge in [0.2, 0.25) is 0 Å². The maximum absolute atomic E-state index is 11.5. The van der Waals surface area contributed by atoms with Gasteiger partial charge in [-0.2, -0.15) is 0 Å². The maximum Gasteiger partial charge on any atom is 1.00 e. The van der Waals surface area contributed by atoms with Crippen LogP contribution in [0.4, 0.5) is 0 Å². The van der Waals surface area contributed by atoms with Crippen molar-refractivity contribution in [1.29, 1.82) is 0 Å². The number of aromatic nitrogens is 2. The first-order chi connectivity index (χ1) is 10.8. The van der Waals surface area contributed by atoms with Crippen LogP contribution in [0.15, 0.2) is 21.9 Å². The first-order valence-corrected chi connectivity index (χ1v) is 11.2. The van der Waals surface area contributed by atoms with Crippen LogP contribution in [0.25, 0.3) is 0 Å². The molecule has 1 aromatic heterocycles. The van der Waals surface area contributed by atoms with Gasteiger partial charge in [-0.3, -0.25) is 14.3 Å². The van der Waals surface area contributed by atoms with E-state index in [1.54, 1.807) is 0 Å². The molecule has 0 spiro atoms. The Morgan fingerprint density at radius 1 is 1.00 bits per heavy atom. The van der Waals surface area contributed by atoms with Crippen molar-refractivity contribution in [2.24, 2.45) is 0 Å². The molecule has 1 rings (SSSR count). The van der Waals surface area contributed by atoms with Crippen molar-refractivity contribution in [3.63, 3.8) is 0 Å². The Morgan fingerprint density at radius 2 is 1.54 bits per heavy atom. The number of rotatable bonds is 9. The molecular formula is C8H11N2Na4O11P3. The molecule has 0 aliphatic heterocycles. The van der Waals surface area contributed by atoms with Gasteiger partial charge < -0.3 is 42.3 Å². The Morgan fingerprint density at radius 3 is 2.00 bits per heavy atom. The summed E-state index contributed by atoms with van der Waals surface area (Å²) in [6, 6.07) is 1.05. The van der Waals surface area contributed by atoms with Crippen LogP contribution < -0.4 is 149 Å². The van der Waals surface area contributed by atoms with Crippen LogP contribution in [0.2, 0.25) is 0 Å². The second kappa shape index (κ2) is 16.7. The summed E-state index contributed by atoms with van der Waals surface area (Å²) in [5, 5.41) is 0. The second-order valence-corrected chi connectivity index (χ2v) is 10.2. The predicted octanol–water partition coefficient (Wildman–Crippen LogP) is -15.5. The van der Waals surface area contributed by atoms with Gasteiger partial charge in [0.1, 0.15) is 7.60 Å². The monoisotopic (exact) mass is 496 g/mol. The van der Waals surface area contributed by atoms with Crippen LogP contribution in [0.3, 0.4) is 0 Å². The molecule has 1 N–H and O–H groups in total. The van der Waals surface area contributed by atoms with Gasteiger partial charge in [-0.25, -0.2) is 4.79 Å². The van der Waals surface area contributed by atoms with E-state index in [0.717, 1.165) is 16.8 Å². The quantitative estimate of drug-likeness (QED) is 0.192. The minimum absolute atomic E-state index is 0. The Hall–Kier alpha value is 3.13. The van der Waals surface area contributed by atoms with Gasteiger partial charge in [0.25, 0.3) is 5.56 Å². The van der Waals surface area contributed by atoms with Crippen LogP contribution in [-0.2, 0) is 29.3 Å². The van der Waals surface area contributed by atoms with E-state index < -0.39 is 46.3 Å². The predicted molar refractivity (Wildman–Crippen MR) is 70.9 cm³/mol. The summed E-state index contributed by atoms with van der Waals surface area (Å²) in [4.78, 5) is 67.1. The maximum atomic E-state index is 11.5. The molecule has 0 saturated carbocycles. The molecule has 28 heavy (non-hydrogen) atoms. The van der Waals surface area contributed by atoms with Crippen molar-refractivity contribution in [2.75, 3.05) is 18.9 Å². The molecule has 0 radical (unpaired) electrons. The van der Waals surface area contributed by atoms with E-state index in [1.165, 1.54) is 0 Å². The zero-order valence-electron chi connectivity index (χ0n) is 15.8. The van der Waals surface area contributed by atoms with Gasteiger partial charge in [0.15, 0.2) is 0 Å². The van der Waals surface area contributed by atoms with Gasteiger partial charge in [-0.15, -0.1) is 0 Å². The fourth-order valence-corrected chi connectivity index (χ4v) is 6.20. The molecule has 20 heteroatoms. The van der Waals surface area contributed by atoms with Crippen molar-refractivity contribution in [3.05, 3.63) is 33.1 Å². The number of H-pyrrole nitrogens is 1. The molecule has 0 aliphatic carbocycles. The molecule has 13 nitrogen and oxygen atoms in total. The van der Waals surface area contributed by atoms with Gasteiger partial charge in [-0.05, 0) is 0 Å². The molecule has 0 amide bonds. The average molecular weight is 496 g/mol. The third-order valence-corrected chi connectivity index (χ3v) is 7.76. The van der Waals surface area contributed by atoms with Crippen molar-refractivity contribution >= 4 is 22.8 Å². The summed E-state index contributed by atoms with van der Waals surface area (Å²) in [6.45, 7) is -0.471. The van der Waals surface area contributed by atoms with Crippen molar-refractivity contribution in [2.45, 2.75) is 6.54 Å². The van der Waals surface area contributed by atoms with E-state index in [-0.39, 0.29) is 131 Å². The smallest absolute Gasteiger partial charge is 0.797 e. The minimum atomic E-state index is -5.90. The number of nitrogens with one attached hydrogen (secondary N) is 1. The second-order valence-electron chi connectivity index (χ2n) is 4.44. The van der Waals surface area contributed by atoms with Crippen LogP contribution in [0.5, 0.6) is 0 Å². The van der Waals surface area contributed by atoms with Gasteiger partial charge in [0.05, 0.1) is 33.2 Å². The summed E-state index contributed by atoms with van der Waals surface area (Å²) < 4.78 is 41.7. The number of hydrogen-bond donors (Lipinski definition) is 1.